The summed E-state index contributed by atoms with van der Waals surface area (Å²) >= 11 is 7.52. The number of carbonyl (C=O) groups excluding carboxylic acids is 1. The van der Waals surface area contributed by atoms with E-state index in [1.54, 1.807) is 24.3 Å². The summed E-state index contributed by atoms with van der Waals surface area (Å²) in [4.78, 5) is 16.8. The lowest BCUT2D eigenvalue weighted by Gasteiger charge is -2.11. The first-order valence-corrected chi connectivity index (χ1v) is 12.0. The number of nitrogens with zero attached hydrogens (tertiary/aromatic N) is 1. The van der Waals surface area contributed by atoms with Crippen LogP contribution in [0.5, 0.6) is 5.75 Å². The van der Waals surface area contributed by atoms with Crippen LogP contribution in [-0.4, -0.2) is 46.9 Å². The van der Waals surface area contributed by atoms with Crippen LogP contribution >= 0.6 is 23.4 Å². The third-order valence-corrected chi connectivity index (χ3v) is 5.83. The molecule has 2 N–H and O–H groups in total. The Balaban J connectivity index is 0.000000568. The Hall–Kier alpha value is -2.12. The molecule has 0 fully saturated rings. The monoisotopic (exact) mass is 491 g/mol. The number of allylic oxidation sites excluding steroid dienone is 1. The van der Waals surface area contributed by atoms with E-state index in [1.807, 2.05) is 13.8 Å². The molecule has 0 saturated carbocycles. The predicted octanol–water partition coefficient (Wildman–Crippen LogP) is 5.87. The molecule has 0 unspecified atom stereocenters. The van der Waals surface area contributed by atoms with Crippen LogP contribution in [0.2, 0.25) is 5.02 Å². The molecule has 0 radical (unpaired) electrons. The van der Waals surface area contributed by atoms with E-state index >= 15 is 0 Å². The van der Waals surface area contributed by atoms with Crippen molar-refractivity contribution in [3.63, 3.8) is 0 Å². The van der Waals surface area contributed by atoms with Crippen LogP contribution in [0, 0.1) is 13.8 Å². The molecular weight excluding hydrogens is 458 g/mol. The van der Waals surface area contributed by atoms with Crippen LogP contribution < -0.4 is 4.74 Å². The van der Waals surface area contributed by atoms with E-state index in [-0.39, 0.29) is 19.0 Å². The minimum atomic E-state index is -0.957. The van der Waals surface area contributed by atoms with Crippen LogP contribution in [0.4, 0.5) is 0 Å². The Labute approximate surface area is 206 Å². The van der Waals surface area contributed by atoms with Crippen LogP contribution in [0.15, 0.2) is 52.4 Å². The fourth-order valence-corrected chi connectivity index (χ4v) is 3.50. The highest BCUT2D eigenvalue weighted by Gasteiger charge is 2.10. The first-order valence-electron chi connectivity index (χ1n) is 10.8. The van der Waals surface area contributed by atoms with Crippen LogP contribution in [0.3, 0.4) is 0 Å². The minimum Gasteiger partial charge on any atom is -0.489 e. The molecule has 0 aliphatic rings. The molecule has 2 aromatic rings. The number of aliphatic hydroxyl groups excluding tert-OH is 2. The molecule has 0 bridgehead atoms. The Morgan fingerprint density at radius 3 is 2.30 bits per heavy atom. The zero-order chi connectivity index (χ0) is 24.8. The average molecular weight is 492 g/mol. The molecule has 0 spiro atoms. The van der Waals surface area contributed by atoms with Gasteiger partial charge >= 0.3 is 0 Å². The van der Waals surface area contributed by atoms with E-state index in [0.29, 0.717) is 15.7 Å². The van der Waals surface area contributed by atoms with Crippen molar-refractivity contribution in [2.75, 3.05) is 19.8 Å². The normalized spacial score (nSPS) is 12.6. The van der Waals surface area contributed by atoms with Gasteiger partial charge in [0.2, 0.25) is 0 Å². The summed E-state index contributed by atoms with van der Waals surface area (Å²) in [6, 6.07) is 13.5. The van der Waals surface area contributed by atoms with Crippen molar-refractivity contribution in [3.8, 4) is 5.75 Å². The van der Waals surface area contributed by atoms with Gasteiger partial charge in [0.1, 0.15) is 18.5 Å². The standard InChI is InChI=1S/C18H24ClNO4S.C8H10/c1-4-7-20-13(3)25-18(12(2)22)9-14-5-6-17(16(19)8-14)24-11-15(23)10-21;1-7-5-3-4-6-8(7)2/h5-6,8-9,15,21,23H,4,7,10-11H2,1-3H3;3-6H,1-2H3/b18-9-,20-13?;/t15-;/m1./s1. The molecule has 0 aliphatic carbocycles. The Morgan fingerprint density at radius 2 is 1.82 bits per heavy atom. The zero-order valence-electron chi connectivity index (χ0n) is 20.0. The van der Waals surface area contributed by atoms with Gasteiger partial charge in [-0.05, 0) is 69.0 Å². The molecule has 0 amide bonds. The number of carbonyl (C=O) groups is 1. The molecule has 180 valence electrons. The Kier molecular flexibility index (Phi) is 13.7. The van der Waals surface area contributed by atoms with Crippen LogP contribution in [0.1, 0.15) is 43.9 Å². The largest absolute Gasteiger partial charge is 0.489 e. The van der Waals surface area contributed by atoms with Crippen LogP contribution in [0.25, 0.3) is 6.08 Å². The molecule has 0 aliphatic heterocycles. The molecular formula is C26H34ClNO4S. The van der Waals surface area contributed by atoms with Gasteiger partial charge in [-0.1, -0.05) is 60.6 Å². The number of thioether (sulfide) groups is 1. The number of aliphatic hydroxyl groups is 2. The summed E-state index contributed by atoms with van der Waals surface area (Å²) in [7, 11) is 0. The van der Waals surface area contributed by atoms with Gasteiger partial charge < -0.3 is 14.9 Å². The predicted molar refractivity (Wildman–Crippen MR) is 140 cm³/mol. The van der Waals surface area contributed by atoms with Crippen molar-refractivity contribution in [2.45, 2.75) is 47.1 Å². The summed E-state index contributed by atoms with van der Waals surface area (Å²) in [5.74, 6) is 0.364. The topological polar surface area (TPSA) is 79.1 Å². The van der Waals surface area contributed by atoms with E-state index in [2.05, 4.69) is 43.1 Å². The molecule has 1 atom stereocenters. The fourth-order valence-electron chi connectivity index (χ4n) is 2.44. The van der Waals surface area contributed by atoms with Crippen molar-refractivity contribution >= 4 is 40.3 Å². The number of benzene rings is 2. The number of hydrogen-bond acceptors (Lipinski definition) is 6. The second-order valence-corrected chi connectivity index (χ2v) is 9.13. The molecule has 0 saturated heterocycles. The molecule has 33 heavy (non-hydrogen) atoms. The highest BCUT2D eigenvalue weighted by Crippen LogP contribution is 2.28. The first-order chi connectivity index (χ1) is 15.7. The van der Waals surface area contributed by atoms with E-state index in [1.165, 1.54) is 29.8 Å². The van der Waals surface area contributed by atoms with Gasteiger partial charge in [0.25, 0.3) is 0 Å². The number of aryl methyl sites for hydroxylation is 2. The smallest absolute Gasteiger partial charge is 0.166 e. The SMILES string of the molecule is CCCN=C(C)S/C(=C\c1ccc(OC[C@H](O)CO)c(Cl)c1)C(C)=O.Cc1ccccc1C. The van der Waals surface area contributed by atoms with Gasteiger partial charge in [-0.15, -0.1) is 0 Å². The number of rotatable bonds is 9. The molecule has 2 rings (SSSR count). The van der Waals surface area contributed by atoms with Gasteiger partial charge in [0.15, 0.2) is 5.78 Å². The summed E-state index contributed by atoms with van der Waals surface area (Å²) in [6.45, 7) is 10.00. The summed E-state index contributed by atoms with van der Waals surface area (Å²) in [6.07, 6.45) is 1.76. The summed E-state index contributed by atoms with van der Waals surface area (Å²) in [5, 5.41) is 19.3. The summed E-state index contributed by atoms with van der Waals surface area (Å²) in [5.41, 5.74) is 3.50. The van der Waals surface area contributed by atoms with E-state index in [0.717, 1.165) is 23.6 Å². The van der Waals surface area contributed by atoms with Gasteiger partial charge in [-0.3, -0.25) is 9.79 Å². The maximum absolute atomic E-state index is 11.9. The second kappa shape index (κ2) is 15.7. The van der Waals surface area contributed by atoms with Crippen molar-refractivity contribution < 1.29 is 19.7 Å². The van der Waals surface area contributed by atoms with Crippen molar-refractivity contribution in [1.82, 2.24) is 0 Å². The summed E-state index contributed by atoms with van der Waals surface area (Å²) < 4.78 is 5.35. The van der Waals surface area contributed by atoms with Crippen LogP contribution in [-0.2, 0) is 4.79 Å². The quantitative estimate of drug-likeness (QED) is 0.260. The molecule has 0 heterocycles. The maximum atomic E-state index is 11.9. The van der Waals surface area contributed by atoms with Crippen molar-refractivity contribution in [3.05, 3.63) is 69.1 Å². The molecule has 5 nitrogen and oxygen atoms in total. The third kappa shape index (κ3) is 11.5. The van der Waals surface area contributed by atoms with Gasteiger partial charge in [-0.2, -0.15) is 0 Å². The third-order valence-electron chi connectivity index (χ3n) is 4.48. The minimum absolute atomic E-state index is 0.0430. The van der Waals surface area contributed by atoms with Gasteiger partial charge in [0, 0.05) is 6.54 Å². The van der Waals surface area contributed by atoms with E-state index in [4.69, 9.17) is 21.4 Å². The lowest BCUT2D eigenvalue weighted by Crippen LogP contribution is -2.21. The number of Topliss-reactive ketones (excluding diaryl/α,β-unsaturated/α-hetero) is 1. The maximum Gasteiger partial charge on any atom is 0.166 e. The fraction of sp³-hybridized carbons (Fsp3) is 0.385. The highest BCUT2D eigenvalue weighted by molar-refractivity contribution is 8.18. The van der Waals surface area contributed by atoms with Gasteiger partial charge in [-0.25, -0.2) is 0 Å². The highest BCUT2D eigenvalue weighted by atomic mass is 35.5. The van der Waals surface area contributed by atoms with E-state index in [9.17, 15) is 9.90 Å². The molecule has 0 aromatic heterocycles. The number of hydrogen-bond donors (Lipinski definition) is 2. The Bertz CT molecular complexity index is 938. The first kappa shape index (κ1) is 28.9. The number of ether oxygens (including phenoxy) is 1. The second-order valence-electron chi connectivity index (χ2n) is 7.49. The number of aliphatic imine (C=N–C) groups is 1. The Morgan fingerprint density at radius 1 is 1.18 bits per heavy atom. The lowest BCUT2D eigenvalue weighted by atomic mass is 10.1. The number of ketones is 1. The van der Waals surface area contributed by atoms with Gasteiger partial charge in [0.05, 0.1) is 21.6 Å². The molecule has 7 heteroatoms. The average Bonchev–Trinajstić information content (AvgIpc) is 2.78. The van der Waals surface area contributed by atoms with Crippen molar-refractivity contribution in [2.24, 2.45) is 4.99 Å². The molecule has 2 aromatic carbocycles. The van der Waals surface area contributed by atoms with E-state index < -0.39 is 6.10 Å². The number of halogens is 1. The lowest BCUT2D eigenvalue weighted by molar-refractivity contribution is -0.112. The zero-order valence-corrected chi connectivity index (χ0v) is 21.5. The van der Waals surface area contributed by atoms with Crippen molar-refractivity contribution in [1.29, 1.82) is 0 Å².